The van der Waals surface area contributed by atoms with E-state index in [1.807, 2.05) is 13.8 Å². The predicted molar refractivity (Wildman–Crippen MR) is 109 cm³/mol. The van der Waals surface area contributed by atoms with Crippen molar-refractivity contribution in [1.29, 1.82) is 0 Å². The number of methoxy groups -OCH3 is 1. The van der Waals surface area contributed by atoms with Gasteiger partial charge in [0.15, 0.2) is 0 Å². The molecule has 1 aromatic rings. The molecule has 0 bridgehead atoms. The largest absolute Gasteiger partial charge is 0.497 e. The number of amides is 2. The van der Waals surface area contributed by atoms with Gasteiger partial charge in [0.25, 0.3) is 5.91 Å². The first kappa shape index (κ1) is 23.2. The molecule has 8 heteroatoms. The number of nitrogens with one attached hydrogen (secondary N) is 3. The maximum atomic E-state index is 12.5. The van der Waals surface area contributed by atoms with Crippen molar-refractivity contribution in [2.24, 2.45) is 5.92 Å². The second kappa shape index (κ2) is 11.8. The minimum Gasteiger partial charge on any atom is -0.497 e. The summed E-state index contributed by atoms with van der Waals surface area (Å²) in [4.78, 5) is 27.3. The number of carbonyl (C=O) groups excluding carboxylic acids is 2. The highest BCUT2D eigenvalue weighted by Gasteiger charge is 2.24. The van der Waals surface area contributed by atoms with E-state index in [2.05, 4.69) is 20.9 Å². The molecule has 0 aromatic heterocycles. The van der Waals surface area contributed by atoms with Crippen LogP contribution in [-0.2, 0) is 4.79 Å². The fourth-order valence-corrected chi connectivity index (χ4v) is 2.88. The van der Waals surface area contributed by atoms with Gasteiger partial charge in [-0.15, -0.1) is 12.4 Å². The molecule has 2 rings (SSSR count). The van der Waals surface area contributed by atoms with Crippen LogP contribution >= 0.6 is 12.4 Å². The molecule has 1 heterocycles. The minimum absolute atomic E-state index is 0. The Morgan fingerprint density at radius 1 is 1.19 bits per heavy atom. The summed E-state index contributed by atoms with van der Waals surface area (Å²) in [6.45, 7) is 9.23. The zero-order valence-corrected chi connectivity index (χ0v) is 17.1. The van der Waals surface area contributed by atoms with Crippen LogP contribution in [0.15, 0.2) is 24.3 Å². The number of rotatable bonds is 8. The van der Waals surface area contributed by atoms with Crippen LogP contribution in [0.1, 0.15) is 24.2 Å². The fourth-order valence-electron chi connectivity index (χ4n) is 2.88. The van der Waals surface area contributed by atoms with Crippen LogP contribution in [0.2, 0.25) is 0 Å². The van der Waals surface area contributed by atoms with E-state index in [4.69, 9.17) is 4.74 Å². The van der Waals surface area contributed by atoms with Crippen LogP contribution in [0.3, 0.4) is 0 Å². The van der Waals surface area contributed by atoms with Gasteiger partial charge in [0.1, 0.15) is 11.8 Å². The molecule has 152 valence electrons. The van der Waals surface area contributed by atoms with Gasteiger partial charge in [0, 0.05) is 44.8 Å². The molecule has 2 amide bonds. The summed E-state index contributed by atoms with van der Waals surface area (Å²) in [6.07, 6.45) is 0. The van der Waals surface area contributed by atoms with E-state index in [0.29, 0.717) is 17.9 Å². The molecule has 0 saturated carbocycles. The average Bonchev–Trinajstić information content (AvgIpc) is 2.66. The summed E-state index contributed by atoms with van der Waals surface area (Å²) < 4.78 is 5.10. The summed E-state index contributed by atoms with van der Waals surface area (Å²) in [6, 6.07) is 6.27. The van der Waals surface area contributed by atoms with E-state index >= 15 is 0 Å². The van der Waals surface area contributed by atoms with Gasteiger partial charge in [-0.3, -0.25) is 14.5 Å². The molecule has 1 atom stereocenters. The number of benzene rings is 1. The van der Waals surface area contributed by atoms with E-state index in [1.165, 1.54) is 0 Å². The van der Waals surface area contributed by atoms with Crippen molar-refractivity contribution in [3.05, 3.63) is 29.8 Å². The van der Waals surface area contributed by atoms with Crippen molar-refractivity contribution < 1.29 is 14.3 Å². The maximum Gasteiger partial charge on any atom is 0.251 e. The van der Waals surface area contributed by atoms with Crippen molar-refractivity contribution in [2.75, 3.05) is 46.4 Å². The molecule has 1 aliphatic heterocycles. The molecule has 1 unspecified atom stereocenters. The lowest BCUT2D eigenvalue weighted by Gasteiger charge is -2.28. The van der Waals surface area contributed by atoms with Crippen molar-refractivity contribution in [1.82, 2.24) is 20.9 Å². The quantitative estimate of drug-likeness (QED) is 0.606. The minimum atomic E-state index is -0.562. The number of ether oxygens (including phenoxy) is 1. The fraction of sp³-hybridized carbons (Fsp3) is 0.579. The zero-order chi connectivity index (χ0) is 18.9. The lowest BCUT2D eigenvalue weighted by molar-refractivity contribution is -0.124. The second-order valence-corrected chi connectivity index (χ2v) is 6.81. The Labute approximate surface area is 167 Å². The molecule has 7 nitrogen and oxygen atoms in total. The van der Waals surface area contributed by atoms with Gasteiger partial charge in [0.05, 0.1) is 7.11 Å². The Bertz CT molecular complexity index is 589. The topological polar surface area (TPSA) is 82.7 Å². The van der Waals surface area contributed by atoms with Crippen molar-refractivity contribution in [2.45, 2.75) is 19.9 Å². The number of carbonyl (C=O) groups is 2. The summed E-state index contributed by atoms with van der Waals surface area (Å²) in [7, 11) is 1.58. The standard InChI is InChI=1S/C19H30N4O3.ClH/c1-14(2)17(19(25)21-10-13-23-11-8-20-9-12-23)22-18(24)15-4-6-16(26-3)7-5-15;/h4-7,14,17,20H,8-13H2,1-3H3,(H,21,25)(H,22,24);1H. The number of halogens is 1. The molecule has 1 aromatic carbocycles. The Balaban J connectivity index is 0.00000364. The Kier molecular flexibility index (Phi) is 10.1. The van der Waals surface area contributed by atoms with E-state index in [1.54, 1.807) is 31.4 Å². The predicted octanol–water partition coefficient (Wildman–Crippen LogP) is 0.893. The highest BCUT2D eigenvalue weighted by molar-refractivity contribution is 5.97. The van der Waals surface area contributed by atoms with Gasteiger partial charge in [-0.05, 0) is 30.2 Å². The molecular formula is C19H31ClN4O3. The SMILES string of the molecule is COc1ccc(C(=O)NC(C(=O)NCCN2CCNCC2)C(C)C)cc1.Cl. The highest BCUT2D eigenvalue weighted by Crippen LogP contribution is 2.12. The third-order valence-corrected chi connectivity index (χ3v) is 4.52. The lowest BCUT2D eigenvalue weighted by Crippen LogP contribution is -2.52. The second-order valence-electron chi connectivity index (χ2n) is 6.81. The molecule has 3 N–H and O–H groups in total. The Morgan fingerprint density at radius 3 is 2.37 bits per heavy atom. The van der Waals surface area contributed by atoms with Crippen LogP contribution in [-0.4, -0.2) is 69.1 Å². The third kappa shape index (κ3) is 7.36. The summed E-state index contributed by atoms with van der Waals surface area (Å²) >= 11 is 0. The number of hydrogen-bond donors (Lipinski definition) is 3. The van der Waals surface area contributed by atoms with Gasteiger partial charge in [-0.25, -0.2) is 0 Å². The monoisotopic (exact) mass is 398 g/mol. The lowest BCUT2D eigenvalue weighted by atomic mass is 10.0. The maximum absolute atomic E-state index is 12.5. The summed E-state index contributed by atoms with van der Waals surface area (Å²) in [5.41, 5.74) is 0.505. The van der Waals surface area contributed by atoms with E-state index in [9.17, 15) is 9.59 Å². The van der Waals surface area contributed by atoms with Crippen LogP contribution in [0.25, 0.3) is 0 Å². The number of nitrogens with zero attached hydrogens (tertiary/aromatic N) is 1. The molecule has 0 spiro atoms. The van der Waals surface area contributed by atoms with Gasteiger partial charge < -0.3 is 20.7 Å². The van der Waals surface area contributed by atoms with Gasteiger partial charge in [-0.2, -0.15) is 0 Å². The molecule has 0 aliphatic carbocycles. The average molecular weight is 399 g/mol. The van der Waals surface area contributed by atoms with Crippen LogP contribution < -0.4 is 20.7 Å². The molecule has 1 fully saturated rings. The molecule has 1 aliphatic rings. The number of hydrogen-bond acceptors (Lipinski definition) is 5. The van der Waals surface area contributed by atoms with E-state index in [-0.39, 0.29) is 30.1 Å². The van der Waals surface area contributed by atoms with Crippen LogP contribution in [0.4, 0.5) is 0 Å². The van der Waals surface area contributed by atoms with E-state index < -0.39 is 6.04 Å². The van der Waals surface area contributed by atoms with Crippen LogP contribution in [0, 0.1) is 5.92 Å². The normalized spacial score (nSPS) is 15.6. The summed E-state index contributed by atoms with van der Waals surface area (Å²) in [5, 5.41) is 9.10. The van der Waals surface area contributed by atoms with Crippen molar-refractivity contribution >= 4 is 24.2 Å². The smallest absolute Gasteiger partial charge is 0.251 e. The Hall–Kier alpha value is -1.83. The van der Waals surface area contributed by atoms with Crippen molar-refractivity contribution in [3.63, 3.8) is 0 Å². The first-order valence-electron chi connectivity index (χ1n) is 9.17. The van der Waals surface area contributed by atoms with Gasteiger partial charge in [0.2, 0.25) is 5.91 Å². The molecule has 1 saturated heterocycles. The third-order valence-electron chi connectivity index (χ3n) is 4.52. The first-order chi connectivity index (χ1) is 12.5. The zero-order valence-electron chi connectivity index (χ0n) is 16.3. The summed E-state index contributed by atoms with van der Waals surface area (Å²) in [5.74, 6) is 0.282. The van der Waals surface area contributed by atoms with E-state index in [0.717, 1.165) is 32.7 Å². The van der Waals surface area contributed by atoms with Gasteiger partial charge >= 0.3 is 0 Å². The first-order valence-corrected chi connectivity index (χ1v) is 9.17. The van der Waals surface area contributed by atoms with Crippen molar-refractivity contribution in [3.8, 4) is 5.75 Å². The van der Waals surface area contributed by atoms with Crippen LogP contribution in [0.5, 0.6) is 5.75 Å². The van der Waals surface area contributed by atoms with Gasteiger partial charge in [-0.1, -0.05) is 13.8 Å². The molecule has 27 heavy (non-hydrogen) atoms. The number of piperazine rings is 1. The highest BCUT2D eigenvalue weighted by atomic mass is 35.5. The molecule has 0 radical (unpaired) electrons. The Morgan fingerprint density at radius 2 is 1.81 bits per heavy atom. The molecular weight excluding hydrogens is 368 g/mol.